The van der Waals surface area contributed by atoms with Crippen LogP contribution in [0.5, 0.6) is 0 Å². The van der Waals surface area contributed by atoms with Crippen molar-refractivity contribution >= 4 is 29.5 Å². The number of amides is 1. The van der Waals surface area contributed by atoms with Crippen LogP contribution in [0.25, 0.3) is 0 Å². The molecule has 1 saturated heterocycles. The van der Waals surface area contributed by atoms with Gasteiger partial charge in [-0.15, -0.1) is 11.8 Å². The molecule has 0 aromatic carbocycles. The molecule has 4 heterocycles. The number of aliphatic carboxylic acids is 1. The second-order valence-corrected chi connectivity index (χ2v) is 6.79. The van der Waals surface area contributed by atoms with E-state index in [0.717, 1.165) is 11.4 Å². The number of thioether (sulfide) groups is 1. The predicted molar refractivity (Wildman–Crippen MR) is 84.4 cm³/mol. The van der Waals surface area contributed by atoms with E-state index in [0.29, 0.717) is 31.0 Å². The smallest absolute Gasteiger partial charge is 0.352 e. The van der Waals surface area contributed by atoms with Crippen molar-refractivity contribution in [2.75, 3.05) is 12.3 Å². The van der Waals surface area contributed by atoms with Crippen molar-refractivity contribution in [1.82, 2.24) is 14.8 Å². The van der Waals surface area contributed by atoms with Gasteiger partial charge in [0.1, 0.15) is 17.4 Å². The lowest BCUT2D eigenvalue weighted by Gasteiger charge is -2.44. The van der Waals surface area contributed by atoms with Crippen molar-refractivity contribution in [3.63, 3.8) is 0 Å². The van der Waals surface area contributed by atoms with Crippen LogP contribution in [-0.4, -0.2) is 55.3 Å². The van der Waals surface area contributed by atoms with Gasteiger partial charge >= 0.3 is 5.97 Å². The molecule has 4 aliphatic heterocycles. The van der Waals surface area contributed by atoms with E-state index in [1.807, 2.05) is 17.2 Å². The zero-order valence-corrected chi connectivity index (χ0v) is 13.0. The van der Waals surface area contributed by atoms with E-state index in [1.54, 1.807) is 23.0 Å². The lowest BCUT2D eigenvalue weighted by molar-refractivity contribution is -0.146. The molecule has 1 amide bonds. The molecule has 120 valence electrons. The van der Waals surface area contributed by atoms with Crippen LogP contribution in [0.3, 0.4) is 0 Å². The third-order valence-corrected chi connectivity index (χ3v) is 5.42. The van der Waals surface area contributed by atoms with E-state index in [2.05, 4.69) is 5.10 Å². The standard InChI is InChI=1S/C14H15N5O3S/c15-9-1-2-10-17(3-4-18(10)16-9)6-8-7-23-12-5-11(20)19(12)13(8)14(21)22/h2-4,12H,1,5-7H2,(H2,15,16)(H,21,22)/t12-/m0/s1. The zero-order chi connectivity index (χ0) is 16.1. The molecule has 0 aromatic rings. The van der Waals surface area contributed by atoms with Crippen molar-refractivity contribution in [2.24, 2.45) is 10.8 Å². The molecule has 0 radical (unpaired) electrons. The highest BCUT2D eigenvalue weighted by Crippen LogP contribution is 2.40. The maximum atomic E-state index is 11.8. The third-order valence-electron chi connectivity index (χ3n) is 4.14. The van der Waals surface area contributed by atoms with Gasteiger partial charge in [0.2, 0.25) is 5.91 Å². The van der Waals surface area contributed by atoms with Crippen LogP contribution in [0.4, 0.5) is 0 Å². The minimum Gasteiger partial charge on any atom is -0.477 e. The first-order chi connectivity index (χ1) is 11.0. The summed E-state index contributed by atoms with van der Waals surface area (Å²) in [6, 6.07) is 0. The Balaban J connectivity index is 1.60. The van der Waals surface area contributed by atoms with Crippen molar-refractivity contribution in [3.05, 3.63) is 35.6 Å². The Morgan fingerprint density at radius 3 is 3.04 bits per heavy atom. The summed E-state index contributed by atoms with van der Waals surface area (Å²) < 4.78 is 0. The van der Waals surface area contributed by atoms with Gasteiger partial charge in [0.05, 0.1) is 11.8 Å². The van der Waals surface area contributed by atoms with Crippen LogP contribution in [0, 0.1) is 0 Å². The molecule has 9 heteroatoms. The molecule has 1 fully saturated rings. The number of nitrogens with two attached hydrogens (primary N) is 1. The SMILES string of the molecule is NC1=NN2C=CN(CC3=C(C(=O)O)N4C(=O)C[C@@H]4SC3)C2=CC1. The van der Waals surface area contributed by atoms with Gasteiger partial charge in [0.15, 0.2) is 0 Å². The summed E-state index contributed by atoms with van der Waals surface area (Å²) in [7, 11) is 0. The quantitative estimate of drug-likeness (QED) is 0.713. The molecule has 0 spiro atoms. The first kappa shape index (κ1) is 14.2. The highest BCUT2D eigenvalue weighted by Gasteiger charge is 2.45. The number of carboxylic acid groups (broad SMARTS) is 1. The number of amidine groups is 1. The number of rotatable bonds is 3. The third kappa shape index (κ3) is 2.19. The predicted octanol–water partition coefficient (Wildman–Crippen LogP) is 0.236. The molecule has 0 saturated carbocycles. The number of nitrogens with zero attached hydrogens (tertiary/aromatic N) is 4. The second kappa shape index (κ2) is 5.05. The summed E-state index contributed by atoms with van der Waals surface area (Å²) >= 11 is 1.61. The molecular formula is C14H15N5O3S. The topological polar surface area (TPSA) is 102 Å². The Morgan fingerprint density at radius 1 is 1.48 bits per heavy atom. The van der Waals surface area contributed by atoms with Crippen molar-refractivity contribution in [1.29, 1.82) is 0 Å². The summed E-state index contributed by atoms with van der Waals surface area (Å²) in [5.74, 6) is 0.841. The summed E-state index contributed by atoms with van der Waals surface area (Å²) in [6.07, 6.45) is 6.57. The van der Waals surface area contributed by atoms with Crippen molar-refractivity contribution in [2.45, 2.75) is 18.2 Å². The van der Waals surface area contributed by atoms with Gasteiger partial charge < -0.3 is 15.7 Å². The minimum absolute atomic E-state index is 0.0266. The van der Waals surface area contributed by atoms with Crippen LogP contribution in [0.15, 0.2) is 40.7 Å². The van der Waals surface area contributed by atoms with E-state index >= 15 is 0 Å². The van der Waals surface area contributed by atoms with E-state index in [-0.39, 0.29) is 17.0 Å². The lowest BCUT2D eigenvalue weighted by atomic mass is 10.1. The van der Waals surface area contributed by atoms with Crippen LogP contribution in [-0.2, 0) is 9.59 Å². The Bertz CT molecular complexity index is 726. The van der Waals surface area contributed by atoms with Crippen LogP contribution in [0.1, 0.15) is 12.8 Å². The summed E-state index contributed by atoms with van der Waals surface area (Å²) in [6.45, 7) is 0.416. The fourth-order valence-electron chi connectivity index (χ4n) is 3.04. The number of hydrogen-bond acceptors (Lipinski definition) is 7. The Morgan fingerprint density at radius 2 is 2.30 bits per heavy atom. The Labute approximate surface area is 136 Å². The number of β-lactam (4-membered cyclic amide) rings is 1. The molecule has 8 nitrogen and oxygen atoms in total. The maximum absolute atomic E-state index is 11.8. The molecular weight excluding hydrogens is 318 g/mol. The van der Waals surface area contributed by atoms with Gasteiger partial charge in [-0.1, -0.05) is 0 Å². The first-order valence-electron chi connectivity index (χ1n) is 7.21. The average molecular weight is 333 g/mol. The molecule has 1 atom stereocenters. The number of hydrazone groups is 1. The zero-order valence-electron chi connectivity index (χ0n) is 12.2. The van der Waals surface area contributed by atoms with Gasteiger partial charge in [0.25, 0.3) is 0 Å². The largest absolute Gasteiger partial charge is 0.477 e. The summed E-state index contributed by atoms with van der Waals surface area (Å²) in [5, 5.41) is 15.4. The molecule has 3 N–H and O–H groups in total. The number of carbonyl (C=O) groups excluding carboxylic acids is 1. The highest BCUT2D eigenvalue weighted by atomic mass is 32.2. The number of carboxylic acids is 1. The Kier molecular flexibility index (Phi) is 3.12. The average Bonchev–Trinajstić information content (AvgIpc) is 2.89. The van der Waals surface area contributed by atoms with Gasteiger partial charge in [-0.2, -0.15) is 5.10 Å². The van der Waals surface area contributed by atoms with Crippen LogP contribution in [0.2, 0.25) is 0 Å². The van der Waals surface area contributed by atoms with E-state index in [9.17, 15) is 14.7 Å². The van der Waals surface area contributed by atoms with Crippen LogP contribution < -0.4 is 5.73 Å². The molecule has 0 unspecified atom stereocenters. The maximum Gasteiger partial charge on any atom is 0.352 e. The lowest BCUT2D eigenvalue weighted by Crippen LogP contribution is -2.54. The number of fused-ring (bicyclic) bond motifs is 2. The van der Waals surface area contributed by atoms with Gasteiger partial charge in [0, 0.05) is 31.1 Å². The number of carbonyl (C=O) groups is 2. The molecule has 4 aliphatic rings. The van der Waals surface area contributed by atoms with Gasteiger partial charge in [-0.25, -0.2) is 9.80 Å². The molecule has 4 rings (SSSR count). The fraction of sp³-hybridized carbons (Fsp3) is 0.357. The van der Waals surface area contributed by atoms with Crippen molar-refractivity contribution in [3.8, 4) is 0 Å². The monoisotopic (exact) mass is 333 g/mol. The minimum atomic E-state index is -1.04. The second-order valence-electron chi connectivity index (χ2n) is 5.62. The number of hydrogen-bond donors (Lipinski definition) is 2. The van der Waals surface area contributed by atoms with E-state index in [4.69, 9.17) is 5.73 Å². The van der Waals surface area contributed by atoms with E-state index in [1.165, 1.54) is 4.90 Å². The first-order valence-corrected chi connectivity index (χ1v) is 8.26. The molecule has 23 heavy (non-hydrogen) atoms. The molecule has 0 aliphatic carbocycles. The Hall–Kier alpha value is -2.42. The normalized spacial score (nSPS) is 25.8. The van der Waals surface area contributed by atoms with Crippen molar-refractivity contribution < 1.29 is 14.7 Å². The van der Waals surface area contributed by atoms with Crippen LogP contribution >= 0.6 is 11.8 Å². The summed E-state index contributed by atoms with van der Waals surface area (Å²) in [4.78, 5) is 26.7. The fourth-order valence-corrected chi connectivity index (χ4v) is 4.29. The highest BCUT2D eigenvalue weighted by molar-refractivity contribution is 8.00. The van der Waals surface area contributed by atoms with Gasteiger partial charge in [-0.05, 0) is 11.6 Å². The molecule has 0 aromatic heterocycles. The van der Waals surface area contributed by atoms with Gasteiger partial charge in [-0.3, -0.25) is 9.69 Å². The summed E-state index contributed by atoms with van der Waals surface area (Å²) in [5.41, 5.74) is 6.59. The molecule has 0 bridgehead atoms. The van der Waals surface area contributed by atoms with E-state index < -0.39 is 5.97 Å².